The molecule has 0 aromatic rings. The zero-order chi connectivity index (χ0) is 21.6. The number of amides is 1. The number of rotatable bonds is 20. The van der Waals surface area contributed by atoms with E-state index in [0.717, 1.165) is 25.7 Å². The predicted octanol–water partition coefficient (Wildman–Crippen LogP) is 6.83. The average molecular weight is 410 g/mol. The molecule has 29 heavy (non-hydrogen) atoms. The van der Waals surface area contributed by atoms with Gasteiger partial charge in [0.25, 0.3) is 0 Å². The first-order chi connectivity index (χ1) is 14.1. The highest BCUT2D eigenvalue weighted by atomic mass is 16.5. The molecule has 4 heteroatoms. The third kappa shape index (κ3) is 19.8. The Morgan fingerprint density at radius 1 is 0.724 bits per heavy atom. The Hall–Kier alpha value is -1.32. The fourth-order valence-electron chi connectivity index (χ4n) is 3.20. The fourth-order valence-corrected chi connectivity index (χ4v) is 3.20. The Bertz CT molecular complexity index is 420. The number of allylic oxidation sites excluding steroid dienone is 2. The molecule has 0 saturated carbocycles. The van der Waals surface area contributed by atoms with Crippen LogP contribution in [0.1, 0.15) is 117 Å². The third-order valence-corrected chi connectivity index (χ3v) is 5.21. The van der Waals surface area contributed by atoms with Crippen LogP contribution in [0.15, 0.2) is 12.2 Å². The molecule has 0 aliphatic carbocycles. The zero-order valence-corrected chi connectivity index (χ0v) is 19.6. The summed E-state index contributed by atoms with van der Waals surface area (Å²) in [6, 6.07) is 0. The molecule has 0 saturated heterocycles. The number of hydrogen-bond donors (Lipinski definition) is 0. The molecule has 0 heterocycles. The molecule has 170 valence electrons. The van der Waals surface area contributed by atoms with Crippen LogP contribution in [0, 0.1) is 0 Å². The van der Waals surface area contributed by atoms with Crippen molar-refractivity contribution >= 4 is 11.9 Å². The SMILES string of the molecule is CCCCCCCCC=CCCCCCCCC(=O)N(C)CC(=O)OCCCC. The molecule has 0 aromatic carbocycles. The highest BCUT2D eigenvalue weighted by Crippen LogP contribution is 2.10. The molecular weight excluding hydrogens is 362 g/mol. The quantitative estimate of drug-likeness (QED) is 0.126. The monoisotopic (exact) mass is 409 g/mol. The summed E-state index contributed by atoms with van der Waals surface area (Å²) in [5.74, 6) is -0.270. The number of nitrogens with zero attached hydrogens (tertiary/aromatic N) is 1. The summed E-state index contributed by atoms with van der Waals surface area (Å²) < 4.78 is 5.10. The number of likely N-dealkylation sites (N-methyl/N-ethyl adjacent to an activating group) is 1. The van der Waals surface area contributed by atoms with Crippen LogP contribution in [-0.4, -0.2) is 37.0 Å². The Kier molecular flexibility index (Phi) is 20.4. The van der Waals surface area contributed by atoms with Crippen LogP contribution in [0.5, 0.6) is 0 Å². The highest BCUT2D eigenvalue weighted by Gasteiger charge is 2.13. The maximum atomic E-state index is 12.1. The molecule has 0 fully saturated rings. The van der Waals surface area contributed by atoms with E-state index in [-0.39, 0.29) is 18.4 Å². The molecule has 0 rings (SSSR count). The van der Waals surface area contributed by atoms with Gasteiger partial charge in [0.1, 0.15) is 6.54 Å². The summed E-state index contributed by atoms with van der Waals surface area (Å²) >= 11 is 0. The summed E-state index contributed by atoms with van der Waals surface area (Å²) in [7, 11) is 1.68. The molecule has 0 spiro atoms. The smallest absolute Gasteiger partial charge is 0.325 e. The van der Waals surface area contributed by atoms with Crippen LogP contribution in [0.25, 0.3) is 0 Å². The molecular formula is C25H47NO3. The molecule has 0 unspecified atom stereocenters. The van der Waals surface area contributed by atoms with Crippen molar-refractivity contribution in [1.82, 2.24) is 4.90 Å². The minimum absolute atomic E-state index is 0.0371. The molecule has 0 aliphatic heterocycles. The lowest BCUT2D eigenvalue weighted by Gasteiger charge is -2.16. The van der Waals surface area contributed by atoms with Crippen LogP contribution in [0.4, 0.5) is 0 Å². The molecule has 0 bridgehead atoms. The summed E-state index contributed by atoms with van der Waals surface area (Å²) in [6.07, 6.45) is 23.3. The number of ether oxygens (including phenoxy) is 1. The van der Waals surface area contributed by atoms with E-state index in [1.165, 1.54) is 75.5 Å². The number of hydrogen-bond acceptors (Lipinski definition) is 3. The van der Waals surface area contributed by atoms with E-state index in [1.54, 1.807) is 7.05 Å². The topological polar surface area (TPSA) is 46.6 Å². The number of unbranched alkanes of at least 4 members (excludes halogenated alkanes) is 12. The van der Waals surface area contributed by atoms with Gasteiger partial charge in [-0.25, -0.2) is 0 Å². The molecule has 0 N–H and O–H groups in total. The van der Waals surface area contributed by atoms with Gasteiger partial charge in [0.2, 0.25) is 5.91 Å². The predicted molar refractivity (Wildman–Crippen MR) is 123 cm³/mol. The Morgan fingerprint density at radius 3 is 1.83 bits per heavy atom. The zero-order valence-electron chi connectivity index (χ0n) is 19.6. The molecule has 1 amide bonds. The molecule has 0 aromatic heterocycles. The largest absolute Gasteiger partial charge is 0.464 e. The fraction of sp³-hybridized carbons (Fsp3) is 0.840. The van der Waals surface area contributed by atoms with Crippen molar-refractivity contribution in [2.24, 2.45) is 0 Å². The second-order valence-electron chi connectivity index (χ2n) is 8.16. The van der Waals surface area contributed by atoms with E-state index < -0.39 is 0 Å². The van der Waals surface area contributed by atoms with E-state index in [2.05, 4.69) is 26.0 Å². The minimum Gasteiger partial charge on any atom is -0.464 e. The second-order valence-corrected chi connectivity index (χ2v) is 8.16. The van der Waals surface area contributed by atoms with Crippen LogP contribution in [0.3, 0.4) is 0 Å². The van der Waals surface area contributed by atoms with E-state index in [4.69, 9.17) is 4.74 Å². The lowest BCUT2D eigenvalue weighted by Crippen LogP contribution is -2.33. The lowest BCUT2D eigenvalue weighted by molar-refractivity contribution is -0.148. The first-order valence-electron chi connectivity index (χ1n) is 12.2. The van der Waals surface area contributed by atoms with Gasteiger partial charge in [-0.1, -0.05) is 83.8 Å². The van der Waals surface area contributed by atoms with E-state index >= 15 is 0 Å². The standard InChI is InChI=1S/C25H47NO3/c1-4-6-8-9-10-11-12-13-14-15-16-17-18-19-20-21-24(27)26(3)23-25(28)29-22-7-5-2/h13-14H,4-12,15-23H2,1-3H3. The maximum Gasteiger partial charge on any atom is 0.325 e. The van der Waals surface area contributed by atoms with E-state index in [9.17, 15) is 9.59 Å². The number of carbonyl (C=O) groups is 2. The molecule has 0 aliphatic rings. The van der Waals surface area contributed by atoms with Crippen LogP contribution >= 0.6 is 0 Å². The summed E-state index contributed by atoms with van der Waals surface area (Å²) in [4.78, 5) is 25.2. The molecule has 0 atom stereocenters. The number of carbonyl (C=O) groups excluding carboxylic acids is 2. The van der Waals surface area contributed by atoms with Crippen molar-refractivity contribution in [1.29, 1.82) is 0 Å². The van der Waals surface area contributed by atoms with Crippen LogP contribution < -0.4 is 0 Å². The second kappa shape index (κ2) is 21.4. The van der Waals surface area contributed by atoms with Crippen LogP contribution in [0.2, 0.25) is 0 Å². The normalized spacial score (nSPS) is 11.1. The van der Waals surface area contributed by atoms with Crippen molar-refractivity contribution in [2.45, 2.75) is 117 Å². The van der Waals surface area contributed by atoms with Gasteiger partial charge >= 0.3 is 5.97 Å². The average Bonchev–Trinajstić information content (AvgIpc) is 2.70. The number of esters is 1. The highest BCUT2D eigenvalue weighted by molar-refractivity contribution is 5.81. The molecule has 0 radical (unpaired) electrons. The van der Waals surface area contributed by atoms with Crippen molar-refractivity contribution in [2.75, 3.05) is 20.2 Å². The van der Waals surface area contributed by atoms with Gasteiger partial charge in [0.05, 0.1) is 6.61 Å². The van der Waals surface area contributed by atoms with E-state index in [0.29, 0.717) is 13.0 Å². The first-order valence-corrected chi connectivity index (χ1v) is 12.2. The van der Waals surface area contributed by atoms with Crippen molar-refractivity contribution in [3.63, 3.8) is 0 Å². The minimum atomic E-state index is -0.307. The van der Waals surface area contributed by atoms with Crippen molar-refractivity contribution in [3.05, 3.63) is 12.2 Å². The summed E-state index contributed by atoms with van der Waals surface area (Å²) in [6.45, 7) is 4.83. The Labute approximate surface area is 180 Å². The van der Waals surface area contributed by atoms with Gasteiger partial charge in [-0.15, -0.1) is 0 Å². The van der Waals surface area contributed by atoms with Crippen molar-refractivity contribution < 1.29 is 14.3 Å². The Balaban J connectivity index is 3.45. The van der Waals surface area contributed by atoms with E-state index in [1.807, 2.05) is 0 Å². The van der Waals surface area contributed by atoms with Crippen LogP contribution in [-0.2, 0) is 14.3 Å². The van der Waals surface area contributed by atoms with Crippen molar-refractivity contribution in [3.8, 4) is 0 Å². The Morgan fingerprint density at radius 2 is 1.24 bits per heavy atom. The van der Waals surface area contributed by atoms with Gasteiger partial charge in [0.15, 0.2) is 0 Å². The molecule has 4 nitrogen and oxygen atoms in total. The van der Waals surface area contributed by atoms with Gasteiger partial charge in [0, 0.05) is 13.5 Å². The van der Waals surface area contributed by atoms with Gasteiger partial charge in [-0.2, -0.15) is 0 Å². The summed E-state index contributed by atoms with van der Waals surface area (Å²) in [5.41, 5.74) is 0. The van der Waals surface area contributed by atoms with Gasteiger partial charge < -0.3 is 9.64 Å². The van der Waals surface area contributed by atoms with Gasteiger partial charge in [-0.05, 0) is 38.5 Å². The maximum absolute atomic E-state index is 12.1. The third-order valence-electron chi connectivity index (χ3n) is 5.21. The van der Waals surface area contributed by atoms with Gasteiger partial charge in [-0.3, -0.25) is 9.59 Å². The lowest BCUT2D eigenvalue weighted by atomic mass is 10.1. The first kappa shape index (κ1) is 27.7. The summed E-state index contributed by atoms with van der Waals surface area (Å²) in [5, 5.41) is 0.